The SMILES string of the molecule is CO[C@@H]1C=CO[C@@]2(C)Oc3c(C)c(O)c4c(O)c(c(C5SCCS5)c(O)c4c3C2=O)NC(=O)C(C)=CC=C[C@H](C)[C@H](O)[C@H](C)[C@H]2OC(C)(C)O[C@H]([C@H]2C)[C@@H]1C. The van der Waals surface area contributed by atoms with Crippen LogP contribution in [0.3, 0.4) is 0 Å². The summed E-state index contributed by atoms with van der Waals surface area (Å²) in [6.07, 6.45) is 6.05. The highest BCUT2D eigenvalue weighted by Gasteiger charge is 2.51. The molecule has 14 heteroatoms. The summed E-state index contributed by atoms with van der Waals surface area (Å²) >= 11 is 3.04. The lowest BCUT2D eigenvalue weighted by atomic mass is 9.77. The Morgan fingerprint density at radius 2 is 1.51 bits per heavy atom. The minimum atomic E-state index is -1.92. The number of aliphatic hydroxyl groups is 1. The Bertz CT molecular complexity index is 1950. The molecule has 7 rings (SSSR count). The van der Waals surface area contributed by atoms with Gasteiger partial charge in [-0.05, 0) is 33.8 Å². The van der Waals surface area contributed by atoms with Gasteiger partial charge >= 0.3 is 5.79 Å². The lowest BCUT2D eigenvalue weighted by molar-refractivity contribution is -0.341. The third-order valence-electron chi connectivity index (χ3n) is 11.4. The summed E-state index contributed by atoms with van der Waals surface area (Å²) in [5.74, 6) is -4.91. The Labute approximate surface area is 330 Å². The van der Waals surface area contributed by atoms with Crippen LogP contribution in [0, 0.1) is 30.6 Å². The van der Waals surface area contributed by atoms with Crippen LogP contribution in [0.1, 0.15) is 81.5 Å². The van der Waals surface area contributed by atoms with E-state index >= 15 is 0 Å². The zero-order valence-electron chi connectivity index (χ0n) is 33.0. The van der Waals surface area contributed by atoms with Crippen LogP contribution < -0.4 is 10.1 Å². The predicted octanol–water partition coefficient (Wildman–Crippen LogP) is 7.46. The van der Waals surface area contributed by atoms with E-state index in [0.29, 0.717) is 0 Å². The Morgan fingerprint density at radius 1 is 0.873 bits per heavy atom. The number of allylic oxidation sites excluding steroid dienone is 2. The van der Waals surface area contributed by atoms with E-state index in [1.54, 1.807) is 32.3 Å². The summed E-state index contributed by atoms with van der Waals surface area (Å²) in [4.78, 5) is 28.1. The van der Waals surface area contributed by atoms with E-state index in [-0.39, 0.29) is 86.1 Å². The molecule has 5 aliphatic heterocycles. The molecule has 2 saturated heterocycles. The predicted molar refractivity (Wildman–Crippen MR) is 214 cm³/mol. The fourth-order valence-corrected chi connectivity index (χ4v) is 11.1. The van der Waals surface area contributed by atoms with Crippen molar-refractivity contribution in [2.45, 2.75) is 103 Å². The number of phenols is 3. The van der Waals surface area contributed by atoms with Gasteiger partial charge in [-0.3, -0.25) is 9.59 Å². The summed E-state index contributed by atoms with van der Waals surface area (Å²) in [5, 5.41) is 49.6. The van der Waals surface area contributed by atoms with Gasteiger partial charge in [-0.25, -0.2) is 0 Å². The molecule has 5 N–H and O–H groups in total. The van der Waals surface area contributed by atoms with Gasteiger partial charge in [0.05, 0.1) is 51.9 Å². The Balaban J connectivity index is 1.52. The molecule has 12 nitrogen and oxygen atoms in total. The van der Waals surface area contributed by atoms with Crippen molar-refractivity contribution in [2.75, 3.05) is 23.9 Å². The molecule has 0 saturated carbocycles. The first-order valence-electron chi connectivity index (χ1n) is 18.6. The van der Waals surface area contributed by atoms with Crippen LogP contribution in [-0.4, -0.2) is 86.7 Å². The van der Waals surface area contributed by atoms with Crippen molar-refractivity contribution in [1.29, 1.82) is 0 Å². The number of nitrogens with one attached hydrogen (secondary N) is 1. The lowest BCUT2D eigenvalue weighted by Gasteiger charge is -2.50. The number of carbonyl (C=O) groups excluding carboxylic acids is 2. The second-order valence-corrected chi connectivity index (χ2v) is 18.4. The van der Waals surface area contributed by atoms with Gasteiger partial charge in [0.25, 0.3) is 11.7 Å². The summed E-state index contributed by atoms with van der Waals surface area (Å²) in [6, 6.07) is 0. The van der Waals surface area contributed by atoms with Gasteiger partial charge in [-0.1, -0.05) is 45.9 Å². The van der Waals surface area contributed by atoms with Crippen molar-refractivity contribution in [3.8, 4) is 23.0 Å². The zero-order valence-corrected chi connectivity index (χ0v) is 34.6. The number of aliphatic hydroxyl groups excluding tert-OH is 1. The third-order valence-corrected chi connectivity index (χ3v) is 14.4. The van der Waals surface area contributed by atoms with Gasteiger partial charge in [0.15, 0.2) is 11.5 Å². The number of carbonyl (C=O) groups is 2. The quantitative estimate of drug-likeness (QED) is 0.150. The Morgan fingerprint density at radius 3 is 2.15 bits per heavy atom. The van der Waals surface area contributed by atoms with Crippen LogP contribution in [0.5, 0.6) is 23.0 Å². The lowest BCUT2D eigenvalue weighted by Crippen LogP contribution is -2.57. The number of phenolic OH excluding ortho intramolecular Hbond substituents is 3. The number of hydrogen-bond donors (Lipinski definition) is 5. The molecule has 2 aromatic rings. The average molecular weight is 800 g/mol. The van der Waals surface area contributed by atoms with Crippen molar-refractivity contribution in [2.24, 2.45) is 23.7 Å². The largest absolute Gasteiger partial charge is 0.507 e. The number of fused-ring (bicyclic) bond motifs is 10. The molecule has 9 atom stereocenters. The zero-order chi connectivity index (χ0) is 40.3. The topological polar surface area (TPSA) is 173 Å². The second kappa shape index (κ2) is 15.5. The van der Waals surface area contributed by atoms with Gasteiger partial charge in [-0.15, -0.1) is 23.5 Å². The number of hydrogen-bond acceptors (Lipinski definition) is 13. The summed E-state index contributed by atoms with van der Waals surface area (Å²) in [5.41, 5.74) is 0.506. The molecule has 0 radical (unpaired) electrons. The van der Waals surface area contributed by atoms with Gasteiger partial charge < -0.3 is 49.4 Å². The number of benzene rings is 2. The van der Waals surface area contributed by atoms with Crippen molar-refractivity contribution in [3.05, 3.63) is 52.8 Å². The summed E-state index contributed by atoms with van der Waals surface area (Å²) in [7, 11) is 1.57. The maximum absolute atomic E-state index is 14.4. The molecular formula is C41H53NO11S2. The molecule has 0 unspecified atom stereocenters. The van der Waals surface area contributed by atoms with E-state index in [4.69, 9.17) is 23.7 Å². The van der Waals surface area contributed by atoms with E-state index < -0.39 is 51.6 Å². The normalized spacial score (nSPS) is 33.1. The van der Waals surface area contributed by atoms with Gasteiger partial charge in [-0.2, -0.15) is 0 Å². The number of aromatic hydroxyl groups is 3. The van der Waals surface area contributed by atoms with Crippen LogP contribution >= 0.6 is 23.5 Å². The van der Waals surface area contributed by atoms with Crippen molar-refractivity contribution < 1.29 is 53.7 Å². The van der Waals surface area contributed by atoms with Crippen LogP contribution in [0.4, 0.5) is 5.69 Å². The van der Waals surface area contributed by atoms with E-state index in [9.17, 15) is 30.0 Å². The molecule has 2 fully saturated rings. The number of ether oxygens (including phenoxy) is 5. The van der Waals surface area contributed by atoms with Crippen LogP contribution in [-0.2, 0) is 23.7 Å². The molecule has 55 heavy (non-hydrogen) atoms. The van der Waals surface area contributed by atoms with Gasteiger partial charge in [0.2, 0.25) is 0 Å². The molecule has 5 heterocycles. The highest BCUT2D eigenvalue weighted by atomic mass is 32.2. The summed E-state index contributed by atoms with van der Waals surface area (Å²) in [6.45, 7) is 16.2. The van der Waals surface area contributed by atoms with Crippen LogP contribution in [0.2, 0.25) is 0 Å². The first-order chi connectivity index (χ1) is 25.8. The minimum Gasteiger partial charge on any atom is -0.507 e. The number of ketones is 1. The second-order valence-electron chi connectivity index (χ2n) is 15.7. The van der Waals surface area contributed by atoms with Crippen molar-refractivity contribution in [1.82, 2.24) is 0 Å². The number of rotatable bonds is 2. The number of Topliss-reactive ketones (excluding diaryl/α,β-unsaturated/α-hetero) is 1. The Hall–Kier alpha value is -3.40. The first kappa shape index (κ1) is 41.2. The minimum absolute atomic E-state index is 0.00560. The maximum atomic E-state index is 14.4. The number of methoxy groups -OCH3 is 1. The molecule has 0 aliphatic carbocycles. The monoisotopic (exact) mass is 799 g/mol. The molecule has 0 spiro atoms. The van der Waals surface area contributed by atoms with Gasteiger partial charge in [0, 0.05) is 71.3 Å². The number of amides is 1. The van der Waals surface area contributed by atoms with Crippen LogP contribution in [0.15, 0.2) is 36.1 Å². The van der Waals surface area contributed by atoms with Crippen LogP contribution in [0.25, 0.3) is 10.8 Å². The maximum Gasteiger partial charge on any atom is 0.312 e. The summed E-state index contributed by atoms with van der Waals surface area (Å²) < 4.78 is 30.7. The number of anilines is 1. The molecule has 5 aliphatic rings. The van der Waals surface area contributed by atoms with Crippen molar-refractivity contribution >= 4 is 51.7 Å². The molecule has 300 valence electrons. The average Bonchev–Trinajstić information content (AvgIpc) is 3.76. The highest BCUT2D eigenvalue weighted by molar-refractivity contribution is 8.19. The molecule has 2 aromatic carbocycles. The smallest absolute Gasteiger partial charge is 0.312 e. The van der Waals surface area contributed by atoms with E-state index in [0.717, 1.165) is 11.5 Å². The fraction of sp³-hybridized carbons (Fsp3) is 0.561. The molecule has 1 amide bonds. The van der Waals surface area contributed by atoms with E-state index in [1.807, 2.05) is 47.6 Å². The number of thioether (sulfide) groups is 2. The molecule has 7 bridgehead atoms. The first-order valence-corrected chi connectivity index (χ1v) is 20.7. The van der Waals surface area contributed by atoms with E-state index in [2.05, 4.69) is 5.32 Å². The molecular weight excluding hydrogens is 747 g/mol. The molecule has 0 aromatic heterocycles. The standard InChI is InChI=1S/C41H53NO11S2/c1-18-12-11-13-19(2)38(48)42-29-28(39-54-16-17-55-39)32(45)25-26(33(29)46)31(44)22(5)36-27(25)37(47)41(9,53-36)50-15-14-24(49-10)20(3)34-23(6)35(21(4)30(18)43)52-40(7,8)51-34/h11-15,18,20-21,23-24,30,34-35,39,43-46H,16-17H2,1-10H3,(H,42,48)/t18-,20+,21-,23+,24+,30-,34-,35+,41-/m0/s1. The van der Waals surface area contributed by atoms with Gasteiger partial charge in [0.1, 0.15) is 17.2 Å². The Kier molecular flexibility index (Phi) is 11.6. The van der Waals surface area contributed by atoms with E-state index in [1.165, 1.54) is 43.6 Å². The highest BCUT2D eigenvalue weighted by Crippen LogP contribution is 2.60. The fourth-order valence-electron chi connectivity index (χ4n) is 8.19. The third kappa shape index (κ3) is 7.34. The van der Waals surface area contributed by atoms with Crippen molar-refractivity contribution in [3.63, 3.8) is 0 Å².